The summed E-state index contributed by atoms with van der Waals surface area (Å²) >= 11 is 0. The lowest BCUT2D eigenvalue weighted by Gasteiger charge is -2.24. The summed E-state index contributed by atoms with van der Waals surface area (Å²) in [6.45, 7) is 3.60. The Kier molecular flexibility index (Phi) is 5.91. The Balaban J connectivity index is 2.32. The third-order valence-electron chi connectivity index (χ3n) is 3.36. The second kappa shape index (κ2) is 7.20. The van der Waals surface area contributed by atoms with E-state index in [4.69, 9.17) is 9.84 Å². The van der Waals surface area contributed by atoms with E-state index in [1.807, 2.05) is 6.92 Å². The van der Waals surface area contributed by atoms with Gasteiger partial charge in [-0.2, -0.15) is 0 Å². The van der Waals surface area contributed by atoms with Crippen LogP contribution in [-0.4, -0.2) is 54.9 Å². The van der Waals surface area contributed by atoms with Gasteiger partial charge in [0.1, 0.15) is 0 Å². The van der Waals surface area contributed by atoms with Crippen molar-refractivity contribution in [1.29, 1.82) is 0 Å². The van der Waals surface area contributed by atoms with E-state index in [1.54, 1.807) is 11.9 Å². The number of nitrogens with zero attached hydrogens (tertiary/aromatic N) is 1. The first-order valence-corrected chi connectivity index (χ1v) is 6.34. The molecule has 2 unspecified atom stereocenters. The van der Waals surface area contributed by atoms with Crippen LogP contribution in [0, 0.1) is 5.92 Å². The maximum absolute atomic E-state index is 11.8. The quantitative estimate of drug-likeness (QED) is 0.742. The van der Waals surface area contributed by atoms with Crippen LogP contribution in [0.4, 0.5) is 4.79 Å². The predicted molar refractivity (Wildman–Crippen MR) is 66.4 cm³/mol. The highest BCUT2D eigenvalue weighted by molar-refractivity contribution is 5.74. The highest BCUT2D eigenvalue weighted by atomic mass is 16.5. The number of carbonyl (C=O) groups excluding carboxylic acids is 1. The first kappa shape index (κ1) is 14.8. The molecule has 0 bridgehead atoms. The van der Waals surface area contributed by atoms with Crippen molar-refractivity contribution in [3.63, 3.8) is 0 Å². The van der Waals surface area contributed by atoms with E-state index in [9.17, 15) is 9.59 Å². The van der Waals surface area contributed by atoms with Crippen molar-refractivity contribution in [3.05, 3.63) is 0 Å². The smallest absolute Gasteiger partial charge is 0.317 e. The summed E-state index contributed by atoms with van der Waals surface area (Å²) in [5.74, 6) is -0.840. The average Bonchev–Trinajstić information content (AvgIpc) is 2.86. The minimum absolute atomic E-state index is 0.0142. The van der Waals surface area contributed by atoms with Gasteiger partial charge in [0.25, 0.3) is 0 Å². The summed E-state index contributed by atoms with van der Waals surface area (Å²) in [5.41, 5.74) is 0. The molecule has 0 radical (unpaired) electrons. The first-order valence-electron chi connectivity index (χ1n) is 6.34. The number of urea groups is 1. The molecule has 2 amide bonds. The van der Waals surface area contributed by atoms with Crippen molar-refractivity contribution in [2.45, 2.75) is 32.2 Å². The van der Waals surface area contributed by atoms with Crippen LogP contribution in [0.15, 0.2) is 0 Å². The van der Waals surface area contributed by atoms with Crippen molar-refractivity contribution < 1.29 is 19.4 Å². The Hall–Kier alpha value is -1.30. The molecule has 0 aromatic rings. The monoisotopic (exact) mass is 258 g/mol. The van der Waals surface area contributed by atoms with Crippen molar-refractivity contribution in [2.24, 2.45) is 5.92 Å². The fourth-order valence-electron chi connectivity index (χ4n) is 1.96. The minimum atomic E-state index is -0.825. The van der Waals surface area contributed by atoms with Crippen LogP contribution in [-0.2, 0) is 9.53 Å². The number of nitrogens with one attached hydrogen (secondary N) is 1. The van der Waals surface area contributed by atoms with E-state index in [2.05, 4.69) is 5.32 Å². The Morgan fingerprint density at radius 1 is 1.56 bits per heavy atom. The van der Waals surface area contributed by atoms with Crippen molar-refractivity contribution in [2.75, 3.05) is 26.8 Å². The molecule has 2 atom stereocenters. The molecule has 0 aliphatic carbocycles. The van der Waals surface area contributed by atoms with E-state index in [-0.39, 0.29) is 24.4 Å². The fourth-order valence-corrected chi connectivity index (χ4v) is 1.96. The maximum Gasteiger partial charge on any atom is 0.317 e. The van der Waals surface area contributed by atoms with Crippen molar-refractivity contribution in [1.82, 2.24) is 10.2 Å². The van der Waals surface area contributed by atoms with Crippen LogP contribution >= 0.6 is 0 Å². The van der Waals surface area contributed by atoms with Crippen LogP contribution in [0.3, 0.4) is 0 Å². The van der Waals surface area contributed by atoms with Gasteiger partial charge in [-0.25, -0.2) is 4.79 Å². The number of amides is 2. The molecule has 1 aliphatic heterocycles. The van der Waals surface area contributed by atoms with E-state index in [1.165, 1.54) is 0 Å². The number of rotatable bonds is 6. The van der Waals surface area contributed by atoms with Crippen LogP contribution in [0.5, 0.6) is 0 Å². The summed E-state index contributed by atoms with van der Waals surface area (Å²) in [4.78, 5) is 24.1. The minimum Gasteiger partial charge on any atom is -0.481 e. The van der Waals surface area contributed by atoms with Gasteiger partial charge < -0.3 is 20.1 Å². The summed E-state index contributed by atoms with van der Waals surface area (Å²) < 4.78 is 5.23. The topological polar surface area (TPSA) is 78.9 Å². The summed E-state index contributed by atoms with van der Waals surface area (Å²) in [7, 11) is 1.74. The lowest BCUT2D eigenvalue weighted by Crippen LogP contribution is -2.45. The molecule has 1 aliphatic rings. The van der Waals surface area contributed by atoms with Gasteiger partial charge in [-0.05, 0) is 12.3 Å². The Labute approximate surface area is 107 Å². The van der Waals surface area contributed by atoms with Crippen molar-refractivity contribution >= 4 is 12.0 Å². The molecular weight excluding hydrogens is 236 g/mol. The molecule has 6 heteroatoms. The lowest BCUT2D eigenvalue weighted by atomic mass is 10.0. The molecule has 0 aromatic carbocycles. The number of carboxylic acids is 1. The van der Waals surface area contributed by atoms with Gasteiger partial charge in [0, 0.05) is 26.6 Å². The molecule has 1 saturated heterocycles. The van der Waals surface area contributed by atoms with E-state index in [0.29, 0.717) is 19.8 Å². The van der Waals surface area contributed by atoms with E-state index < -0.39 is 5.97 Å². The summed E-state index contributed by atoms with van der Waals surface area (Å²) in [6.07, 6.45) is 1.69. The summed E-state index contributed by atoms with van der Waals surface area (Å²) in [6, 6.07) is -0.0288. The molecule has 18 heavy (non-hydrogen) atoms. The third-order valence-corrected chi connectivity index (χ3v) is 3.36. The third kappa shape index (κ3) is 4.52. The largest absolute Gasteiger partial charge is 0.481 e. The average molecular weight is 258 g/mol. The molecule has 0 aromatic heterocycles. The fraction of sp³-hybridized carbons (Fsp3) is 0.833. The zero-order valence-electron chi connectivity index (χ0n) is 11.0. The number of hydrogen-bond donors (Lipinski definition) is 2. The normalized spacial score (nSPS) is 20.4. The molecule has 1 fully saturated rings. The van der Waals surface area contributed by atoms with Gasteiger partial charge in [-0.15, -0.1) is 0 Å². The molecule has 104 valence electrons. The van der Waals surface area contributed by atoms with Gasteiger partial charge in [0.15, 0.2) is 0 Å². The number of carboxylic acid groups (broad SMARTS) is 1. The number of carbonyl (C=O) groups is 2. The van der Waals surface area contributed by atoms with Crippen LogP contribution in [0.25, 0.3) is 0 Å². The second-order valence-electron chi connectivity index (χ2n) is 4.69. The van der Waals surface area contributed by atoms with Gasteiger partial charge in [0.2, 0.25) is 0 Å². The number of ether oxygens (including phenoxy) is 1. The highest BCUT2D eigenvalue weighted by Crippen LogP contribution is 2.11. The number of aliphatic carboxylic acids is 1. The van der Waals surface area contributed by atoms with Crippen molar-refractivity contribution in [3.8, 4) is 0 Å². The second-order valence-corrected chi connectivity index (χ2v) is 4.69. The zero-order valence-corrected chi connectivity index (χ0v) is 11.0. The molecule has 0 spiro atoms. The Bertz CT molecular complexity index is 290. The van der Waals surface area contributed by atoms with E-state index in [0.717, 1.165) is 12.8 Å². The highest BCUT2D eigenvalue weighted by Gasteiger charge is 2.24. The Morgan fingerprint density at radius 3 is 2.78 bits per heavy atom. The van der Waals surface area contributed by atoms with Gasteiger partial charge >= 0.3 is 12.0 Å². The standard InChI is InChI=1S/C12H22N2O4/c1-3-9(6-11(15)16)7-13-12(17)14(2)10-4-5-18-8-10/h9-10H,3-8H2,1-2H3,(H,13,17)(H,15,16). The van der Waals surface area contributed by atoms with Crippen LogP contribution in [0.2, 0.25) is 0 Å². The molecule has 1 heterocycles. The molecule has 2 N–H and O–H groups in total. The Morgan fingerprint density at radius 2 is 2.28 bits per heavy atom. The van der Waals surface area contributed by atoms with Crippen LogP contribution < -0.4 is 5.32 Å². The van der Waals surface area contributed by atoms with Gasteiger partial charge in [-0.1, -0.05) is 13.3 Å². The first-order chi connectivity index (χ1) is 8.54. The van der Waals surface area contributed by atoms with Crippen LogP contribution in [0.1, 0.15) is 26.2 Å². The summed E-state index contributed by atoms with van der Waals surface area (Å²) in [5, 5.41) is 11.5. The number of hydrogen-bond acceptors (Lipinski definition) is 3. The van der Waals surface area contributed by atoms with E-state index >= 15 is 0 Å². The number of likely N-dealkylation sites (N-methyl/N-ethyl adjacent to an activating group) is 1. The maximum atomic E-state index is 11.8. The molecule has 6 nitrogen and oxygen atoms in total. The molecular formula is C12H22N2O4. The molecule has 1 rings (SSSR count). The predicted octanol–water partition coefficient (Wildman–Crippen LogP) is 0.918. The SMILES string of the molecule is CCC(CNC(=O)N(C)C1CCOC1)CC(=O)O. The zero-order chi connectivity index (χ0) is 13.5. The van der Waals surface area contributed by atoms with Gasteiger partial charge in [-0.3, -0.25) is 4.79 Å². The lowest BCUT2D eigenvalue weighted by molar-refractivity contribution is -0.138. The molecule has 0 saturated carbocycles. The van der Waals surface area contributed by atoms with Gasteiger partial charge in [0.05, 0.1) is 12.6 Å².